The van der Waals surface area contributed by atoms with Crippen LogP contribution < -0.4 is 15.8 Å². The molecule has 0 spiro atoms. The number of sulfonamides is 1. The van der Waals surface area contributed by atoms with E-state index in [4.69, 9.17) is 5.14 Å². The minimum atomic E-state index is -3.47. The molecule has 0 radical (unpaired) electrons. The normalized spacial score (nSPS) is 21.5. The Hall–Kier alpha value is -0.660. The van der Waals surface area contributed by atoms with Gasteiger partial charge in [-0.3, -0.25) is 4.79 Å². The molecule has 1 rings (SSSR count). The Morgan fingerprint density at radius 3 is 2.80 bits per heavy atom. The van der Waals surface area contributed by atoms with Crippen LogP contribution in [0.2, 0.25) is 0 Å². The van der Waals surface area contributed by atoms with Gasteiger partial charge in [-0.25, -0.2) is 13.6 Å². The summed E-state index contributed by atoms with van der Waals surface area (Å²) in [4.78, 5) is 11.3. The Morgan fingerprint density at radius 1 is 1.53 bits per heavy atom. The van der Waals surface area contributed by atoms with E-state index in [0.29, 0.717) is 12.3 Å². The Morgan fingerprint density at radius 2 is 2.27 bits per heavy atom. The number of nitrogens with two attached hydrogens (primary N) is 1. The summed E-state index contributed by atoms with van der Waals surface area (Å²) in [7, 11) is -3.47. The Kier molecular flexibility index (Phi) is 4.49. The highest BCUT2D eigenvalue weighted by molar-refractivity contribution is 7.89. The molecule has 88 valence electrons. The second-order valence-corrected chi connectivity index (χ2v) is 5.51. The highest BCUT2D eigenvalue weighted by atomic mass is 32.2. The first-order valence-corrected chi connectivity index (χ1v) is 6.67. The van der Waals surface area contributed by atoms with E-state index in [0.717, 1.165) is 19.5 Å². The number of hydrogen-bond donors (Lipinski definition) is 3. The van der Waals surface area contributed by atoms with E-state index in [1.54, 1.807) is 0 Å². The first-order chi connectivity index (χ1) is 6.97. The molecule has 0 aliphatic carbocycles. The van der Waals surface area contributed by atoms with Gasteiger partial charge in [-0.05, 0) is 25.4 Å². The van der Waals surface area contributed by atoms with Crippen molar-refractivity contribution in [2.75, 3.05) is 25.4 Å². The molecular formula is C8H17N3O3S. The summed E-state index contributed by atoms with van der Waals surface area (Å²) in [6, 6.07) is 0. The van der Waals surface area contributed by atoms with Crippen molar-refractivity contribution < 1.29 is 13.2 Å². The predicted octanol–water partition coefficient (Wildman–Crippen LogP) is -1.61. The largest absolute Gasteiger partial charge is 0.355 e. The van der Waals surface area contributed by atoms with Gasteiger partial charge in [-0.1, -0.05) is 0 Å². The number of nitrogens with one attached hydrogen (secondary N) is 2. The lowest BCUT2D eigenvalue weighted by Crippen LogP contribution is -2.32. The van der Waals surface area contributed by atoms with Gasteiger partial charge in [0.1, 0.15) is 0 Å². The highest BCUT2D eigenvalue weighted by Gasteiger charge is 2.17. The number of amides is 1. The molecule has 0 bridgehead atoms. The summed E-state index contributed by atoms with van der Waals surface area (Å²) in [6.45, 7) is 1.91. The summed E-state index contributed by atoms with van der Waals surface area (Å²) >= 11 is 0. The molecule has 4 N–H and O–H groups in total. The smallest absolute Gasteiger partial charge is 0.220 e. The lowest BCUT2D eigenvalue weighted by atomic mass is 10.1. The van der Waals surface area contributed by atoms with Gasteiger partial charge in [-0.15, -0.1) is 0 Å². The van der Waals surface area contributed by atoms with Gasteiger partial charge in [0, 0.05) is 13.0 Å². The molecule has 1 heterocycles. The van der Waals surface area contributed by atoms with Gasteiger partial charge >= 0.3 is 0 Å². The van der Waals surface area contributed by atoms with Crippen LogP contribution in [-0.2, 0) is 14.8 Å². The zero-order chi connectivity index (χ0) is 11.3. The van der Waals surface area contributed by atoms with E-state index in [1.807, 2.05) is 0 Å². The Labute approximate surface area is 89.6 Å². The van der Waals surface area contributed by atoms with Crippen LogP contribution in [0.1, 0.15) is 12.8 Å². The van der Waals surface area contributed by atoms with E-state index in [2.05, 4.69) is 10.6 Å². The summed E-state index contributed by atoms with van der Waals surface area (Å²) in [5.41, 5.74) is 0. The molecule has 1 atom stereocenters. The maximum absolute atomic E-state index is 11.3. The number of carbonyl (C=O) groups is 1. The minimum absolute atomic E-state index is 0.0951. The summed E-state index contributed by atoms with van der Waals surface area (Å²) in [5.74, 6) is 0.0635. The predicted molar refractivity (Wildman–Crippen MR) is 56.6 cm³/mol. The lowest BCUT2D eigenvalue weighted by molar-refractivity contribution is -0.121. The molecule has 6 nitrogen and oxygen atoms in total. The van der Waals surface area contributed by atoms with Crippen molar-refractivity contribution in [1.29, 1.82) is 0 Å². The van der Waals surface area contributed by atoms with E-state index < -0.39 is 10.0 Å². The van der Waals surface area contributed by atoms with Crippen LogP contribution in [0.4, 0.5) is 0 Å². The van der Waals surface area contributed by atoms with Crippen molar-refractivity contribution in [2.24, 2.45) is 11.1 Å². The average Bonchev–Trinajstić information content (AvgIpc) is 2.54. The molecule has 1 unspecified atom stereocenters. The fourth-order valence-electron chi connectivity index (χ4n) is 1.56. The van der Waals surface area contributed by atoms with Crippen molar-refractivity contribution in [2.45, 2.75) is 12.8 Å². The SMILES string of the molecule is NS(=O)(=O)CCNC(=O)CC1CCNC1. The maximum Gasteiger partial charge on any atom is 0.220 e. The quantitative estimate of drug-likeness (QED) is 0.533. The first-order valence-electron chi connectivity index (χ1n) is 4.95. The van der Waals surface area contributed by atoms with Gasteiger partial charge in [0.2, 0.25) is 15.9 Å². The topological polar surface area (TPSA) is 101 Å². The molecule has 0 saturated carbocycles. The zero-order valence-electron chi connectivity index (χ0n) is 8.53. The maximum atomic E-state index is 11.3. The van der Waals surface area contributed by atoms with Crippen molar-refractivity contribution in [3.8, 4) is 0 Å². The molecule has 0 aromatic heterocycles. The van der Waals surface area contributed by atoms with Crippen LogP contribution in [0.3, 0.4) is 0 Å². The average molecular weight is 235 g/mol. The Bertz CT molecular complexity index is 309. The van der Waals surface area contributed by atoms with Gasteiger partial charge in [0.15, 0.2) is 0 Å². The van der Waals surface area contributed by atoms with Crippen LogP contribution in [0.5, 0.6) is 0 Å². The lowest BCUT2D eigenvalue weighted by Gasteiger charge is -2.08. The second kappa shape index (κ2) is 5.43. The van der Waals surface area contributed by atoms with Gasteiger partial charge in [-0.2, -0.15) is 0 Å². The summed E-state index contributed by atoms with van der Waals surface area (Å²) in [6.07, 6.45) is 1.46. The van der Waals surface area contributed by atoms with E-state index in [1.165, 1.54) is 0 Å². The monoisotopic (exact) mass is 235 g/mol. The fourth-order valence-corrected chi connectivity index (χ4v) is 1.94. The van der Waals surface area contributed by atoms with Gasteiger partial charge in [0.25, 0.3) is 0 Å². The fraction of sp³-hybridized carbons (Fsp3) is 0.875. The molecule has 1 aliphatic heterocycles. The van der Waals surface area contributed by atoms with E-state index >= 15 is 0 Å². The van der Waals surface area contributed by atoms with Gasteiger partial charge in [0.05, 0.1) is 5.75 Å². The molecule has 1 aliphatic rings. The van der Waals surface area contributed by atoms with Gasteiger partial charge < -0.3 is 10.6 Å². The standard InChI is InChI=1S/C8H17N3O3S/c9-15(13,14)4-3-11-8(12)5-7-1-2-10-6-7/h7,10H,1-6H2,(H,11,12)(H2,9,13,14). The van der Waals surface area contributed by atoms with Crippen LogP contribution in [0, 0.1) is 5.92 Å². The molecule has 0 aromatic rings. The number of primary sulfonamides is 1. The molecular weight excluding hydrogens is 218 g/mol. The van der Waals surface area contributed by atoms with Crippen molar-refractivity contribution >= 4 is 15.9 Å². The number of rotatable bonds is 5. The van der Waals surface area contributed by atoms with E-state index in [-0.39, 0.29) is 18.2 Å². The highest BCUT2D eigenvalue weighted by Crippen LogP contribution is 2.11. The van der Waals surface area contributed by atoms with Crippen molar-refractivity contribution in [1.82, 2.24) is 10.6 Å². The zero-order valence-corrected chi connectivity index (χ0v) is 9.35. The molecule has 15 heavy (non-hydrogen) atoms. The number of carbonyl (C=O) groups excluding carboxylic acids is 1. The Balaban J connectivity index is 2.13. The third kappa shape index (κ3) is 5.71. The summed E-state index contributed by atoms with van der Waals surface area (Å²) in [5, 5.41) is 10.5. The minimum Gasteiger partial charge on any atom is -0.355 e. The van der Waals surface area contributed by atoms with E-state index in [9.17, 15) is 13.2 Å². The van der Waals surface area contributed by atoms with Crippen molar-refractivity contribution in [3.05, 3.63) is 0 Å². The first kappa shape index (κ1) is 12.4. The van der Waals surface area contributed by atoms with Crippen LogP contribution in [0.25, 0.3) is 0 Å². The number of hydrogen-bond acceptors (Lipinski definition) is 4. The third-order valence-electron chi connectivity index (χ3n) is 2.35. The molecule has 1 saturated heterocycles. The molecule has 1 amide bonds. The van der Waals surface area contributed by atoms with Crippen LogP contribution >= 0.6 is 0 Å². The molecule has 0 aromatic carbocycles. The van der Waals surface area contributed by atoms with Crippen molar-refractivity contribution in [3.63, 3.8) is 0 Å². The molecule has 1 fully saturated rings. The van der Waals surface area contributed by atoms with Crippen LogP contribution in [-0.4, -0.2) is 39.7 Å². The molecule has 7 heteroatoms. The van der Waals surface area contributed by atoms with Crippen LogP contribution in [0.15, 0.2) is 0 Å². The summed E-state index contributed by atoms with van der Waals surface area (Å²) < 4.78 is 21.1. The second-order valence-electron chi connectivity index (χ2n) is 3.78. The third-order valence-corrected chi connectivity index (χ3v) is 3.12.